The standard InChI is InChI=1S/C13H16N4S/c1-18-11-4-2-3-9(11)16-12-6-5-10-13(17-12)15-8-7-14-10/h5-9,11H,2-4H2,1H3,(H,15,16,17)/t9-,11+/m1/s1. The summed E-state index contributed by atoms with van der Waals surface area (Å²) in [6.07, 6.45) is 9.38. The molecule has 2 aromatic heterocycles. The fraction of sp³-hybridized carbons (Fsp3) is 0.462. The SMILES string of the molecule is CS[C@H]1CCC[C@H]1Nc1ccc2nccnc2n1. The number of nitrogens with zero attached hydrogens (tertiary/aromatic N) is 3. The normalized spacial score (nSPS) is 23.4. The van der Waals surface area contributed by atoms with E-state index in [-0.39, 0.29) is 0 Å². The molecule has 3 rings (SSSR count). The molecule has 18 heavy (non-hydrogen) atoms. The van der Waals surface area contributed by atoms with Crippen molar-refractivity contribution in [2.75, 3.05) is 11.6 Å². The maximum absolute atomic E-state index is 4.51. The van der Waals surface area contributed by atoms with E-state index in [1.165, 1.54) is 19.3 Å². The van der Waals surface area contributed by atoms with Crippen molar-refractivity contribution in [1.29, 1.82) is 0 Å². The third-order valence-electron chi connectivity index (χ3n) is 3.42. The van der Waals surface area contributed by atoms with Gasteiger partial charge >= 0.3 is 0 Å². The minimum atomic E-state index is 0.529. The lowest BCUT2D eigenvalue weighted by Crippen LogP contribution is -2.26. The first-order valence-electron chi connectivity index (χ1n) is 6.24. The Morgan fingerprint density at radius 2 is 2.11 bits per heavy atom. The molecule has 1 N–H and O–H groups in total. The van der Waals surface area contributed by atoms with Crippen LogP contribution in [0, 0.1) is 0 Å². The third kappa shape index (κ3) is 2.27. The molecule has 0 radical (unpaired) electrons. The van der Waals surface area contributed by atoms with Gasteiger partial charge < -0.3 is 5.32 Å². The van der Waals surface area contributed by atoms with Gasteiger partial charge in [0.1, 0.15) is 11.3 Å². The second kappa shape index (κ2) is 5.10. The van der Waals surface area contributed by atoms with E-state index < -0.39 is 0 Å². The highest BCUT2D eigenvalue weighted by Crippen LogP contribution is 2.30. The monoisotopic (exact) mass is 260 g/mol. The Hall–Kier alpha value is -1.36. The molecule has 0 spiro atoms. The first kappa shape index (κ1) is 11.7. The van der Waals surface area contributed by atoms with Crippen molar-refractivity contribution in [3.63, 3.8) is 0 Å². The molecule has 2 atom stereocenters. The topological polar surface area (TPSA) is 50.7 Å². The predicted molar refractivity (Wildman–Crippen MR) is 75.9 cm³/mol. The average molecular weight is 260 g/mol. The van der Waals surface area contributed by atoms with Crippen molar-refractivity contribution >= 4 is 28.7 Å². The van der Waals surface area contributed by atoms with Crippen molar-refractivity contribution in [3.05, 3.63) is 24.5 Å². The summed E-state index contributed by atoms with van der Waals surface area (Å²) < 4.78 is 0. The van der Waals surface area contributed by atoms with Crippen LogP contribution in [0.25, 0.3) is 11.2 Å². The minimum Gasteiger partial charge on any atom is -0.366 e. The lowest BCUT2D eigenvalue weighted by Gasteiger charge is -2.19. The van der Waals surface area contributed by atoms with Crippen LogP contribution >= 0.6 is 11.8 Å². The molecule has 0 amide bonds. The van der Waals surface area contributed by atoms with Gasteiger partial charge in [-0.3, -0.25) is 4.98 Å². The van der Waals surface area contributed by atoms with Crippen molar-refractivity contribution in [1.82, 2.24) is 15.0 Å². The molecule has 94 valence electrons. The number of aromatic nitrogens is 3. The maximum atomic E-state index is 4.51. The molecule has 1 aliphatic carbocycles. The Balaban J connectivity index is 1.82. The van der Waals surface area contributed by atoms with Gasteiger partial charge in [-0.15, -0.1) is 0 Å². The highest BCUT2D eigenvalue weighted by atomic mass is 32.2. The largest absolute Gasteiger partial charge is 0.366 e. The van der Waals surface area contributed by atoms with Gasteiger partial charge in [0.2, 0.25) is 0 Å². The Labute approximate surface area is 111 Å². The highest BCUT2D eigenvalue weighted by Gasteiger charge is 2.26. The van der Waals surface area contributed by atoms with Crippen molar-refractivity contribution in [2.24, 2.45) is 0 Å². The Kier molecular flexibility index (Phi) is 3.32. The zero-order chi connectivity index (χ0) is 12.4. The fourth-order valence-electron chi connectivity index (χ4n) is 2.50. The molecule has 0 aromatic carbocycles. The van der Waals surface area contributed by atoms with Gasteiger partial charge in [-0.25, -0.2) is 9.97 Å². The number of hydrogen-bond donors (Lipinski definition) is 1. The highest BCUT2D eigenvalue weighted by molar-refractivity contribution is 7.99. The second-order valence-corrected chi connectivity index (χ2v) is 5.63. The summed E-state index contributed by atoms with van der Waals surface area (Å²) in [5, 5.41) is 4.23. The number of nitrogens with one attached hydrogen (secondary N) is 1. The lowest BCUT2D eigenvalue weighted by atomic mass is 10.2. The van der Waals surface area contributed by atoms with Gasteiger partial charge in [0.15, 0.2) is 5.65 Å². The summed E-state index contributed by atoms with van der Waals surface area (Å²) in [5.41, 5.74) is 1.55. The van der Waals surface area contributed by atoms with E-state index in [1.807, 2.05) is 23.9 Å². The van der Waals surface area contributed by atoms with Crippen LogP contribution in [-0.4, -0.2) is 32.5 Å². The Morgan fingerprint density at radius 3 is 3.00 bits per heavy atom. The summed E-state index contributed by atoms with van der Waals surface area (Å²) in [6, 6.07) is 4.49. The van der Waals surface area contributed by atoms with Crippen molar-refractivity contribution < 1.29 is 0 Å². The molecule has 0 saturated heterocycles. The Bertz CT molecular complexity index is 545. The van der Waals surface area contributed by atoms with Crippen LogP contribution in [0.5, 0.6) is 0 Å². The van der Waals surface area contributed by atoms with E-state index in [9.17, 15) is 0 Å². The van der Waals surface area contributed by atoms with E-state index in [2.05, 4.69) is 26.5 Å². The van der Waals surface area contributed by atoms with E-state index in [4.69, 9.17) is 0 Å². The molecule has 4 nitrogen and oxygen atoms in total. The van der Waals surface area contributed by atoms with Crippen LogP contribution in [-0.2, 0) is 0 Å². The molecular weight excluding hydrogens is 244 g/mol. The quantitative estimate of drug-likeness (QED) is 0.919. The molecule has 0 aliphatic heterocycles. The third-order valence-corrected chi connectivity index (χ3v) is 4.59. The summed E-state index contributed by atoms with van der Waals surface area (Å²) in [7, 11) is 0. The van der Waals surface area contributed by atoms with E-state index in [0.29, 0.717) is 16.9 Å². The minimum absolute atomic E-state index is 0.529. The molecule has 2 aromatic rings. The van der Waals surface area contributed by atoms with Crippen molar-refractivity contribution in [3.8, 4) is 0 Å². The molecule has 1 saturated carbocycles. The molecule has 0 bridgehead atoms. The number of thioether (sulfide) groups is 1. The van der Waals surface area contributed by atoms with Gasteiger partial charge in [0, 0.05) is 23.7 Å². The zero-order valence-electron chi connectivity index (χ0n) is 10.3. The van der Waals surface area contributed by atoms with Gasteiger partial charge in [-0.05, 0) is 31.2 Å². The smallest absolute Gasteiger partial charge is 0.180 e. The lowest BCUT2D eigenvalue weighted by molar-refractivity contribution is 0.764. The van der Waals surface area contributed by atoms with E-state index >= 15 is 0 Å². The predicted octanol–water partition coefficient (Wildman–Crippen LogP) is 2.72. The number of hydrogen-bond acceptors (Lipinski definition) is 5. The molecule has 5 heteroatoms. The summed E-state index contributed by atoms with van der Waals surface area (Å²) in [6.45, 7) is 0. The average Bonchev–Trinajstić information content (AvgIpc) is 2.86. The van der Waals surface area contributed by atoms with E-state index in [1.54, 1.807) is 12.4 Å². The van der Waals surface area contributed by atoms with E-state index in [0.717, 1.165) is 11.3 Å². The molecule has 1 aliphatic rings. The van der Waals surface area contributed by atoms with Crippen LogP contribution in [0.4, 0.5) is 5.82 Å². The van der Waals surface area contributed by atoms with Crippen LogP contribution < -0.4 is 5.32 Å². The van der Waals surface area contributed by atoms with Gasteiger partial charge in [-0.1, -0.05) is 6.42 Å². The number of fused-ring (bicyclic) bond motifs is 1. The number of pyridine rings is 1. The summed E-state index contributed by atoms with van der Waals surface area (Å²) in [5.74, 6) is 0.911. The van der Waals surface area contributed by atoms with Gasteiger partial charge in [0.05, 0.1) is 0 Å². The molecule has 2 heterocycles. The fourth-order valence-corrected chi connectivity index (χ4v) is 3.43. The summed E-state index contributed by atoms with van der Waals surface area (Å²) >= 11 is 1.95. The van der Waals surface area contributed by atoms with Crippen LogP contribution in [0.2, 0.25) is 0 Å². The van der Waals surface area contributed by atoms with Crippen LogP contribution in [0.15, 0.2) is 24.5 Å². The first-order valence-corrected chi connectivity index (χ1v) is 7.53. The first-order chi connectivity index (χ1) is 8.86. The van der Waals surface area contributed by atoms with Crippen LogP contribution in [0.1, 0.15) is 19.3 Å². The zero-order valence-corrected chi connectivity index (χ0v) is 11.2. The van der Waals surface area contributed by atoms with Crippen LogP contribution in [0.3, 0.4) is 0 Å². The van der Waals surface area contributed by atoms with Crippen molar-refractivity contribution in [2.45, 2.75) is 30.6 Å². The maximum Gasteiger partial charge on any atom is 0.180 e. The molecular formula is C13H16N4S. The van der Waals surface area contributed by atoms with Gasteiger partial charge in [-0.2, -0.15) is 11.8 Å². The Morgan fingerprint density at radius 1 is 1.22 bits per heavy atom. The van der Waals surface area contributed by atoms with Gasteiger partial charge in [0.25, 0.3) is 0 Å². The molecule has 0 unspecified atom stereocenters. The number of rotatable bonds is 3. The molecule has 1 fully saturated rings. The summed E-state index contributed by atoms with van der Waals surface area (Å²) in [4.78, 5) is 13.0. The second-order valence-electron chi connectivity index (χ2n) is 4.55. The number of anilines is 1.